The van der Waals surface area contributed by atoms with Gasteiger partial charge in [0.2, 0.25) is 0 Å². The maximum absolute atomic E-state index is 13.5. The maximum atomic E-state index is 13.5. The molecule has 0 bridgehead atoms. The van der Waals surface area contributed by atoms with Crippen molar-refractivity contribution in [3.05, 3.63) is 59.4 Å². The number of rotatable bonds is 5. The number of ether oxygens (including phenoxy) is 2. The normalized spacial score (nSPS) is 10.4. The van der Waals surface area contributed by atoms with Crippen LogP contribution in [-0.4, -0.2) is 7.11 Å². The molecule has 2 aromatic carbocycles. The van der Waals surface area contributed by atoms with Crippen molar-refractivity contribution < 1.29 is 13.9 Å². The molecular weight excluding hydrogens is 245 g/mol. The molecule has 3 nitrogen and oxygen atoms in total. The molecule has 0 amide bonds. The third-order valence-corrected chi connectivity index (χ3v) is 2.76. The summed E-state index contributed by atoms with van der Waals surface area (Å²) in [4.78, 5) is 0. The molecule has 2 N–H and O–H groups in total. The lowest BCUT2D eigenvalue weighted by Gasteiger charge is -2.07. The second kappa shape index (κ2) is 6.20. The monoisotopic (exact) mass is 261 g/mol. The first kappa shape index (κ1) is 13.4. The van der Waals surface area contributed by atoms with E-state index in [1.54, 1.807) is 19.2 Å². The minimum atomic E-state index is -0.338. The molecule has 0 radical (unpaired) electrons. The number of benzene rings is 2. The van der Waals surface area contributed by atoms with Crippen LogP contribution in [0.15, 0.2) is 42.5 Å². The number of hydrogen-bond donors (Lipinski definition) is 1. The van der Waals surface area contributed by atoms with Gasteiger partial charge in [-0.3, -0.25) is 0 Å². The number of hydrogen-bond acceptors (Lipinski definition) is 3. The molecule has 0 heterocycles. The van der Waals surface area contributed by atoms with Gasteiger partial charge in [0.15, 0.2) is 0 Å². The molecule has 0 saturated carbocycles. The summed E-state index contributed by atoms with van der Waals surface area (Å²) in [5, 5.41) is 0. The molecule has 2 aromatic rings. The van der Waals surface area contributed by atoms with Crippen molar-refractivity contribution in [1.29, 1.82) is 0 Å². The highest BCUT2D eigenvalue weighted by Gasteiger charge is 2.03. The Morgan fingerprint density at radius 1 is 1.05 bits per heavy atom. The van der Waals surface area contributed by atoms with Gasteiger partial charge in [-0.25, -0.2) is 4.39 Å². The quantitative estimate of drug-likeness (QED) is 0.841. The third kappa shape index (κ3) is 3.69. The van der Waals surface area contributed by atoms with Crippen molar-refractivity contribution in [3.63, 3.8) is 0 Å². The molecule has 0 saturated heterocycles. The second-order valence-corrected chi connectivity index (χ2v) is 4.19. The fourth-order valence-corrected chi connectivity index (χ4v) is 1.68. The van der Waals surface area contributed by atoms with Gasteiger partial charge >= 0.3 is 0 Å². The smallest absolute Gasteiger partial charge is 0.130 e. The van der Waals surface area contributed by atoms with Crippen LogP contribution in [0.3, 0.4) is 0 Å². The Morgan fingerprint density at radius 2 is 1.79 bits per heavy atom. The zero-order valence-electron chi connectivity index (χ0n) is 10.7. The Bertz CT molecular complexity index is 540. The Morgan fingerprint density at radius 3 is 2.42 bits per heavy atom. The molecular formula is C15H16FNO2. The van der Waals surface area contributed by atoms with Crippen LogP contribution in [0.25, 0.3) is 0 Å². The molecule has 0 fully saturated rings. The van der Waals surface area contributed by atoms with Crippen molar-refractivity contribution >= 4 is 5.69 Å². The fourth-order valence-electron chi connectivity index (χ4n) is 1.68. The van der Waals surface area contributed by atoms with Crippen molar-refractivity contribution in [2.24, 2.45) is 0 Å². The van der Waals surface area contributed by atoms with Gasteiger partial charge in [-0.1, -0.05) is 18.2 Å². The Hall–Kier alpha value is -2.07. The summed E-state index contributed by atoms with van der Waals surface area (Å²) in [6.07, 6.45) is 0. The van der Waals surface area contributed by atoms with Crippen LogP contribution in [-0.2, 0) is 18.0 Å². The zero-order valence-corrected chi connectivity index (χ0v) is 10.7. The molecule has 2 rings (SSSR count). The number of halogens is 1. The predicted molar refractivity (Wildman–Crippen MR) is 72.3 cm³/mol. The molecule has 0 aliphatic rings. The van der Waals surface area contributed by atoms with Crippen molar-refractivity contribution in [2.45, 2.75) is 13.2 Å². The molecule has 0 spiro atoms. The zero-order chi connectivity index (χ0) is 13.7. The third-order valence-electron chi connectivity index (χ3n) is 2.76. The molecule has 0 aromatic heterocycles. The van der Waals surface area contributed by atoms with E-state index in [0.29, 0.717) is 17.9 Å². The highest BCUT2D eigenvalue weighted by Crippen LogP contribution is 2.15. The summed E-state index contributed by atoms with van der Waals surface area (Å²) < 4.78 is 24.0. The Kier molecular flexibility index (Phi) is 4.36. The average Bonchev–Trinajstić information content (AvgIpc) is 2.42. The largest absolute Gasteiger partial charge is 0.497 e. The standard InChI is InChI=1S/C15H16FNO2/c1-18-14-6-2-11(3-7-14)9-19-10-12-4-5-13(17)8-15(12)16/h2-8H,9-10,17H2,1H3. The van der Waals surface area contributed by atoms with E-state index in [2.05, 4.69) is 0 Å². The molecule has 0 unspecified atom stereocenters. The van der Waals surface area contributed by atoms with E-state index in [1.165, 1.54) is 6.07 Å². The molecule has 0 aliphatic heterocycles. The van der Waals surface area contributed by atoms with Crippen LogP contribution in [0.2, 0.25) is 0 Å². The molecule has 0 atom stereocenters. The maximum Gasteiger partial charge on any atom is 0.130 e. The summed E-state index contributed by atoms with van der Waals surface area (Å²) >= 11 is 0. The molecule has 0 aliphatic carbocycles. The van der Waals surface area contributed by atoms with Gasteiger partial charge < -0.3 is 15.2 Å². The van der Waals surface area contributed by atoms with Gasteiger partial charge in [0.1, 0.15) is 11.6 Å². The Balaban J connectivity index is 1.88. The SMILES string of the molecule is COc1ccc(COCc2ccc(N)cc2F)cc1. The summed E-state index contributed by atoms with van der Waals surface area (Å²) in [5.74, 6) is 0.461. The highest BCUT2D eigenvalue weighted by atomic mass is 19.1. The van der Waals surface area contributed by atoms with E-state index in [9.17, 15) is 4.39 Å². The van der Waals surface area contributed by atoms with E-state index in [1.807, 2.05) is 24.3 Å². The summed E-state index contributed by atoms with van der Waals surface area (Å²) in [7, 11) is 1.62. The first-order valence-electron chi connectivity index (χ1n) is 5.93. The summed E-state index contributed by atoms with van der Waals surface area (Å²) in [5.41, 5.74) is 7.41. The first-order valence-corrected chi connectivity index (χ1v) is 5.93. The van der Waals surface area contributed by atoms with Crippen LogP contribution in [0.1, 0.15) is 11.1 Å². The van der Waals surface area contributed by atoms with E-state index < -0.39 is 0 Å². The number of methoxy groups -OCH3 is 1. The molecule has 100 valence electrons. The van der Waals surface area contributed by atoms with E-state index >= 15 is 0 Å². The van der Waals surface area contributed by atoms with E-state index in [-0.39, 0.29) is 12.4 Å². The van der Waals surface area contributed by atoms with Gasteiger partial charge in [0, 0.05) is 11.3 Å². The van der Waals surface area contributed by atoms with Gasteiger partial charge in [0.05, 0.1) is 20.3 Å². The average molecular weight is 261 g/mol. The number of nitrogen functional groups attached to an aromatic ring is 1. The van der Waals surface area contributed by atoms with Crippen LogP contribution in [0.5, 0.6) is 5.75 Å². The highest BCUT2D eigenvalue weighted by molar-refractivity contribution is 5.40. The summed E-state index contributed by atoms with van der Waals surface area (Å²) in [6.45, 7) is 0.645. The molecule has 19 heavy (non-hydrogen) atoms. The van der Waals surface area contributed by atoms with Crippen LogP contribution < -0.4 is 10.5 Å². The first-order chi connectivity index (χ1) is 9.19. The minimum Gasteiger partial charge on any atom is -0.497 e. The predicted octanol–water partition coefficient (Wildman–Crippen LogP) is 3.13. The lowest BCUT2D eigenvalue weighted by atomic mass is 10.2. The van der Waals surface area contributed by atoms with Gasteiger partial charge in [0.25, 0.3) is 0 Å². The second-order valence-electron chi connectivity index (χ2n) is 4.19. The minimum absolute atomic E-state index is 0.220. The van der Waals surface area contributed by atoms with E-state index in [0.717, 1.165) is 11.3 Å². The molecule has 4 heteroatoms. The lowest BCUT2D eigenvalue weighted by Crippen LogP contribution is -1.98. The fraction of sp³-hybridized carbons (Fsp3) is 0.200. The van der Waals surface area contributed by atoms with Crippen molar-refractivity contribution in [3.8, 4) is 5.75 Å². The van der Waals surface area contributed by atoms with Crippen LogP contribution in [0.4, 0.5) is 10.1 Å². The Labute approximate surface area is 111 Å². The topological polar surface area (TPSA) is 44.5 Å². The van der Waals surface area contributed by atoms with Crippen LogP contribution >= 0.6 is 0 Å². The summed E-state index contributed by atoms with van der Waals surface area (Å²) in [6, 6.07) is 12.2. The van der Waals surface area contributed by atoms with Crippen molar-refractivity contribution in [2.75, 3.05) is 12.8 Å². The van der Waals surface area contributed by atoms with Gasteiger partial charge in [-0.15, -0.1) is 0 Å². The van der Waals surface area contributed by atoms with Crippen molar-refractivity contribution in [1.82, 2.24) is 0 Å². The number of anilines is 1. The number of nitrogens with two attached hydrogens (primary N) is 1. The van der Waals surface area contributed by atoms with Gasteiger partial charge in [-0.05, 0) is 29.8 Å². The van der Waals surface area contributed by atoms with Gasteiger partial charge in [-0.2, -0.15) is 0 Å². The van der Waals surface area contributed by atoms with Crippen LogP contribution in [0, 0.1) is 5.82 Å². The lowest BCUT2D eigenvalue weighted by molar-refractivity contribution is 0.105. The van der Waals surface area contributed by atoms with E-state index in [4.69, 9.17) is 15.2 Å².